The van der Waals surface area contributed by atoms with E-state index in [9.17, 15) is 4.79 Å². The number of carbonyl (C=O) groups is 1. The fraction of sp³-hybridized carbons (Fsp3) is 0.900. The van der Waals surface area contributed by atoms with Crippen LogP contribution in [0.2, 0.25) is 0 Å². The Labute approximate surface area is 80.4 Å². The van der Waals surface area contributed by atoms with E-state index in [0.717, 1.165) is 13.0 Å². The van der Waals surface area contributed by atoms with Gasteiger partial charge >= 0.3 is 5.97 Å². The highest BCUT2D eigenvalue weighted by molar-refractivity contribution is 5.66. The lowest BCUT2D eigenvalue weighted by Gasteiger charge is -2.11. The van der Waals surface area contributed by atoms with Gasteiger partial charge < -0.3 is 9.47 Å². The van der Waals surface area contributed by atoms with Crippen LogP contribution in [-0.2, 0) is 14.3 Å². The summed E-state index contributed by atoms with van der Waals surface area (Å²) in [5.41, 5.74) is 0. The van der Waals surface area contributed by atoms with E-state index in [2.05, 4.69) is 6.92 Å². The van der Waals surface area contributed by atoms with Gasteiger partial charge in [0.05, 0.1) is 6.61 Å². The first-order chi connectivity index (χ1) is 6.16. The molecule has 0 heterocycles. The smallest absolute Gasteiger partial charge is 0.302 e. The van der Waals surface area contributed by atoms with Crippen LogP contribution in [0.4, 0.5) is 0 Å². The standard InChI is InChI=1S/C10H20O3/c1-4-5-6-7-12-8-9(2)13-10(3)11/h9H,4-8H2,1-3H3. The molecule has 0 radical (unpaired) electrons. The minimum absolute atomic E-state index is 0.126. The van der Waals surface area contributed by atoms with Crippen molar-refractivity contribution in [3.63, 3.8) is 0 Å². The van der Waals surface area contributed by atoms with Crippen molar-refractivity contribution in [2.45, 2.75) is 46.1 Å². The topological polar surface area (TPSA) is 35.5 Å². The van der Waals surface area contributed by atoms with Gasteiger partial charge in [0.2, 0.25) is 0 Å². The first-order valence-corrected chi connectivity index (χ1v) is 4.91. The molecule has 0 spiro atoms. The maximum atomic E-state index is 10.5. The van der Waals surface area contributed by atoms with E-state index >= 15 is 0 Å². The lowest BCUT2D eigenvalue weighted by molar-refractivity contribution is -0.148. The fourth-order valence-electron chi connectivity index (χ4n) is 1.02. The zero-order valence-electron chi connectivity index (χ0n) is 8.84. The van der Waals surface area contributed by atoms with Gasteiger partial charge in [-0.25, -0.2) is 0 Å². The average molecular weight is 188 g/mol. The quantitative estimate of drug-likeness (QED) is 0.453. The van der Waals surface area contributed by atoms with Crippen molar-refractivity contribution < 1.29 is 14.3 Å². The number of ether oxygens (including phenoxy) is 2. The maximum Gasteiger partial charge on any atom is 0.302 e. The monoisotopic (exact) mass is 188 g/mol. The molecule has 0 saturated carbocycles. The molecule has 78 valence electrons. The average Bonchev–Trinajstić information content (AvgIpc) is 2.02. The number of carbonyl (C=O) groups excluding carboxylic acids is 1. The number of hydrogen-bond acceptors (Lipinski definition) is 3. The van der Waals surface area contributed by atoms with Gasteiger partial charge in [0.1, 0.15) is 6.10 Å². The molecule has 0 N–H and O–H groups in total. The summed E-state index contributed by atoms with van der Waals surface area (Å²) in [4.78, 5) is 10.5. The summed E-state index contributed by atoms with van der Waals surface area (Å²) in [6, 6.07) is 0. The van der Waals surface area contributed by atoms with Gasteiger partial charge in [0.25, 0.3) is 0 Å². The SMILES string of the molecule is CCCCCOCC(C)OC(C)=O. The Morgan fingerprint density at radius 1 is 1.38 bits per heavy atom. The lowest BCUT2D eigenvalue weighted by atomic mass is 10.3. The van der Waals surface area contributed by atoms with Crippen LogP contribution < -0.4 is 0 Å². The van der Waals surface area contributed by atoms with Crippen molar-refractivity contribution in [1.29, 1.82) is 0 Å². The molecule has 0 aliphatic rings. The minimum Gasteiger partial charge on any atom is -0.460 e. The number of rotatable bonds is 7. The van der Waals surface area contributed by atoms with Crippen LogP contribution in [0.15, 0.2) is 0 Å². The van der Waals surface area contributed by atoms with Crippen molar-refractivity contribution >= 4 is 5.97 Å². The van der Waals surface area contributed by atoms with E-state index < -0.39 is 0 Å². The second-order valence-electron chi connectivity index (χ2n) is 3.20. The van der Waals surface area contributed by atoms with E-state index in [0.29, 0.717) is 6.61 Å². The molecule has 3 heteroatoms. The molecular weight excluding hydrogens is 168 g/mol. The van der Waals surface area contributed by atoms with E-state index in [1.54, 1.807) is 0 Å². The first kappa shape index (κ1) is 12.4. The van der Waals surface area contributed by atoms with E-state index in [1.165, 1.54) is 19.8 Å². The molecule has 0 fully saturated rings. The summed E-state index contributed by atoms with van der Waals surface area (Å²) in [5.74, 6) is -0.246. The van der Waals surface area contributed by atoms with E-state index in [4.69, 9.17) is 9.47 Å². The summed E-state index contributed by atoms with van der Waals surface area (Å²) in [6.07, 6.45) is 3.35. The van der Waals surface area contributed by atoms with Gasteiger partial charge in [-0.3, -0.25) is 4.79 Å². The highest BCUT2D eigenvalue weighted by Gasteiger charge is 2.04. The highest BCUT2D eigenvalue weighted by atomic mass is 16.6. The molecular formula is C10H20O3. The van der Waals surface area contributed by atoms with Crippen molar-refractivity contribution in [2.75, 3.05) is 13.2 Å². The van der Waals surface area contributed by atoms with Gasteiger partial charge in [0.15, 0.2) is 0 Å². The first-order valence-electron chi connectivity index (χ1n) is 4.91. The maximum absolute atomic E-state index is 10.5. The van der Waals surface area contributed by atoms with Crippen molar-refractivity contribution in [3.8, 4) is 0 Å². The van der Waals surface area contributed by atoms with Crippen molar-refractivity contribution in [3.05, 3.63) is 0 Å². The van der Waals surface area contributed by atoms with Gasteiger partial charge in [-0.05, 0) is 13.3 Å². The number of hydrogen-bond donors (Lipinski definition) is 0. The van der Waals surface area contributed by atoms with Crippen LogP contribution in [0.1, 0.15) is 40.0 Å². The Hall–Kier alpha value is -0.570. The van der Waals surface area contributed by atoms with Crippen LogP contribution in [0, 0.1) is 0 Å². The van der Waals surface area contributed by atoms with Crippen LogP contribution in [-0.4, -0.2) is 25.3 Å². The van der Waals surface area contributed by atoms with Crippen LogP contribution >= 0.6 is 0 Å². The molecule has 0 aromatic heterocycles. The van der Waals surface area contributed by atoms with Gasteiger partial charge in [-0.1, -0.05) is 19.8 Å². The molecule has 0 aliphatic carbocycles. The van der Waals surface area contributed by atoms with Gasteiger partial charge in [-0.2, -0.15) is 0 Å². The van der Waals surface area contributed by atoms with Gasteiger partial charge in [-0.15, -0.1) is 0 Å². The van der Waals surface area contributed by atoms with Gasteiger partial charge in [0, 0.05) is 13.5 Å². The molecule has 0 amide bonds. The predicted molar refractivity (Wildman–Crippen MR) is 51.6 cm³/mol. The molecule has 0 aromatic rings. The van der Waals surface area contributed by atoms with Crippen molar-refractivity contribution in [2.24, 2.45) is 0 Å². The molecule has 0 bridgehead atoms. The zero-order chi connectivity index (χ0) is 10.1. The third-order valence-electron chi connectivity index (χ3n) is 1.61. The van der Waals surface area contributed by atoms with Crippen LogP contribution in [0.25, 0.3) is 0 Å². The molecule has 0 saturated heterocycles. The third kappa shape index (κ3) is 9.34. The zero-order valence-corrected chi connectivity index (χ0v) is 8.84. The van der Waals surface area contributed by atoms with E-state index in [-0.39, 0.29) is 12.1 Å². The number of esters is 1. The molecule has 1 unspecified atom stereocenters. The Kier molecular flexibility index (Phi) is 7.69. The lowest BCUT2D eigenvalue weighted by Crippen LogP contribution is -2.18. The Bertz CT molecular complexity index is 134. The summed E-state index contributed by atoms with van der Waals surface area (Å²) < 4.78 is 10.2. The Balaban J connectivity index is 3.17. The molecule has 0 aliphatic heterocycles. The summed E-state index contributed by atoms with van der Waals surface area (Å²) in [5, 5.41) is 0. The molecule has 13 heavy (non-hydrogen) atoms. The third-order valence-corrected chi connectivity index (χ3v) is 1.61. The molecule has 0 rings (SSSR count). The normalized spacial score (nSPS) is 12.5. The largest absolute Gasteiger partial charge is 0.460 e. The van der Waals surface area contributed by atoms with Crippen LogP contribution in [0.3, 0.4) is 0 Å². The Morgan fingerprint density at radius 3 is 2.62 bits per heavy atom. The molecule has 1 atom stereocenters. The summed E-state index contributed by atoms with van der Waals surface area (Å²) >= 11 is 0. The van der Waals surface area contributed by atoms with E-state index in [1.807, 2.05) is 6.92 Å². The van der Waals surface area contributed by atoms with Crippen molar-refractivity contribution in [1.82, 2.24) is 0 Å². The second kappa shape index (κ2) is 8.05. The molecule has 0 aromatic carbocycles. The fourth-order valence-corrected chi connectivity index (χ4v) is 1.02. The summed E-state index contributed by atoms with van der Waals surface area (Å²) in [7, 11) is 0. The minimum atomic E-state index is -0.246. The second-order valence-corrected chi connectivity index (χ2v) is 3.20. The Morgan fingerprint density at radius 2 is 2.08 bits per heavy atom. The molecule has 3 nitrogen and oxygen atoms in total. The predicted octanol–water partition coefficient (Wildman–Crippen LogP) is 2.14. The number of unbranched alkanes of at least 4 members (excludes halogenated alkanes) is 2. The highest BCUT2D eigenvalue weighted by Crippen LogP contribution is 1.97. The summed E-state index contributed by atoms with van der Waals surface area (Å²) in [6.45, 7) is 6.67. The van der Waals surface area contributed by atoms with Crippen LogP contribution in [0.5, 0.6) is 0 Å².